The van der Waals surface area contributed by atoms with Crippen molar-refractivity contribution in [2.24, 2.45) is 5.92 Å². The summed E-state index contributed by atoms with van der Waals surface area (Å²) in [6.45, 7) is 2.16. The SMILES string of the molecule is C[C@@H](Nc1nnc(-c2ccc(Cl)cc2)o1)[C@H]1CC[C@@H](c2ccnc3ccc(F)cc32)CC1. The number of nitrogens with one attached hydrogen (secondary N) is 1. The van der Waals surface area contributed by atoms with Gasteiger partial charge >= 0.3 is 6.01 Å². The topological polar surface area (TPSA) is 63.8 Å². The minimum Gasteiger partial charge on any atom is -0.403 e. The van der Waals surface area contributed by atoms with Gasteiger partial charge in [-0.05, 0) is 98.5 Å². The van der Waals surface area contributed by atoms with Gasteiger partial charge in [0.05, 0.1) is 5.52 Å². The van der Waals surface area contributed by atoms with Crippen LogP contribution >= 0.6 is 11.6 Å². The van der Waals surface area contributed by atoms with Crippen molar-refractivity contribution in [2.75, 3.05) is 5.32 Å². The molecule has 5 rings (SSSR count). The van der Waals surface area contributed by atoms with E-state index in [9.17, 15) is 4.39 Å². The van der Waals surface area contributed by atoms with E-state index in [1.807, 2.05) is 24.4 Å². The van der Waals surface area contributed by atoms with Crippen LogP contribution in [0, 0.1) is 11.7 Å². The van der Waals surface area contributed by atoms with Gasteiger partial charge in [-0.15, -0.1) is 5.10 Å². The quantitative estimate of drug-likeness (QED) is 0.360. The number of hydrogen-bond donors (Lipinski definition) is 1. The molecule has 0 aliphatic heterocycles. The predicted octanol–water partition coefficient (Wildman–Crippen LogP) is 6.85. The molecule has 0 spiro atoms. The number of fused-ring (bicyclic) bond motifs is 1. The molecule has 0 amide bonds. The van der Waals surface area contributed by atoms with E-state index in [0.717, 1.165) is 42.1 Å². The predicted molar refractivity (Wildman–Crippen MR) is 124 cm³/mol. The third-order valence-electron chi connectivity index (χ3n) is 6.52. The van der Waals surface area contributed by atoms with Crippen molar-refractivity contribution in [3.63, 3.8) is 0 Å². The fourth-order valence-corrected chi connectivity index (χ4v) is 4.86. The molecule has 164 valence electrons. The molecule has 0 bridgehead atoms. The zero-order valence-electron chi connectivity index (χ0n) is 17.8. The molecule has 1 fully saturated rings. The zero-order valence-corrected chi connectivity index (χ0v) is 18.5. The van der Waals surface area contributed by atoms with Crippen LogP contribution in [0.25, 0.3) is 22.4 Å². The van der Waals surface area contributed by atoms with Crippen molar-refractivity contribution < 1.29 is 8.81 Å². The molecule has 5 nitrogen and oxygen atoms in total. The highest BCUT2D eigenvalue weighted by Gasteiger charge is 2.28. The molecule has 2 heterocycles. The lowest BCUT2D eigenvalue weighted by molar-refractivity contribution is 0.299. The number of rotatable bonds is 5. The van der Waals surface area contributed by atoms with Crippen LogP contribution in [0.3, 0.4) is 0 Å². The Bertz CT molecular complexity index is 1220. The highest BCUT2D eigenvalue weighted by atomic mass is 35.5. The van der Waals surface area contributed by atoms with E-state index in [0.29, 0.717) is 28.8 Å². The molecule has 4 aromatic rings. The molecule has 0 saturated heterocycles. The van der Waals surface area contributed by atoms with Gasteiger partial charge in [0.1, 0.15) is 5.82 Å². The van der Waals surface area contributed by atoms with Crippen molar-refractivity contribution in [3.8, 4) is 11.5 Å². The molecule has 0 radical (unpaired) electrons. The Morgan fingerprint density at radius 3 is 2.59 bits per heavy atom. The number of anilines is 1. The van der Waals surface area contributed by atoms with E-state index in [1.165, 1.54) is 11.6 Å². The highest BCUT2D eigenvalue weighted by Crippen LogP contribution is 2.40. The number of nitrogens with zero attached hydrogens (tertiary/aromatic N) is 3. The number of hydrogen-bond acceptors (Lipinski definition) is 5. The summed E-state index contributed by atoms with van der Waals surface area (Å²) in [4.78, 5) is 4.39. The summed E-state index contributed by atoms with van der Waals surface area (Å²) in [5.41, 5.74) is 2.90. The van der Waals surface area contributed by atoms with Gasteiger partial charge in [-0.25, -0.2) is 4.39 Å². The van der Waals surface area contributed by atoms with Gasteiger partial charge < -0.3 is 9.73 Å². The standard InChI is InChI=1S/C25H24ClFN4O/c1-15(29-25-31-30-24(32-25)18-6-8-19(26)9-7-18)16-2-4-17(5-3-16)21-12-13-28-23-11-10-20(27)14-22(21)23/h6-17H,2-5H2,1H3,(H,29,31)/t15-,16-,17+/m1/s1. The normalized spacial score (nSPS) is 19.7. The average molecular weight is 451 g/mol. The molecule has 1 aliphatic carbocycles. The van der Waals surface area contributed by atoms with Gasteiger partial charge in [-0.3, -0.25) is 4.98 Å². The largest absolute Gasteiger partial charge is 0.403 e. The fourth-order valence-electron chi connectivity index (χ4n) is 4.73. The first-order valence-corrected chi connectivity index (χ1v) is 11.3. The number of aromatic nitrogens is 3. The Labute approximate surface area is 191 Å². The number of pyridine rings is 1. The van der Waals surface area contributed by atoms with Crippen LogP contribution in [-0.4, -0.2) is 21.2 Å². The molecular formula is C25H24ClFN4O. The Kier molecular flexibility index (Phi) is 5.79. The molecule has 7 heteroatoms. The third kappa shape index (κ3) is 4.32. The minimum atomic E-state index is -0.212. The first-order chi connectivity index (χ1) is 15.6. The molecule has 32 heavy (non-hydrogen) atoms. The van der Waals surface area contributed by atoms with Crippen LogP contribution in [0.15, 0.2) is 59.1 Å². The van der Waals surface area contributed by atoms with Gasteiger partial charge in [-0.2, -0.15) is 0 Å². The van der Waals surface area contributed by atoms with Crippen LogP contribution in [0.1, 0.15) is 44.1 Å². The lowest BCUT2D eigenvalue weighted by Gasteiger charge is -2.32. The number of benzene rings is 2. The maximum Gasteiger partial charge on any atom is 0.315 e. The lowest BCUT2D eigenvalue weighted by atomic mass is 9.75. The Morgan fingerprint density at radius 1 is 1.03 bits per heavy atom. The van der Waals surface area contributed by atoms with Gasteiger partial charge in [0.25, 0.3) is 0 Å². The maximum absolute atomic E-state index is 13.8. The van der Waals surface area contributed by atoms with Gasteiger partial charge in [-0.1, -0.05) is 16.7 Å². The second-order valence-corrected chi connectivity index (χ2v) is 8.96. The van der Waals surface area contributed by atoms with Crippen molar-refractivity contribution in [1.29, 1.82) is 0 Å². The van der Waals surface area contributed by atoms with Crippen LogP contribution in [0.4, 0.5) is 10.4 Å². The molecule has 1 atom stereocenters. The minimum absolute atomic E-state index is 0.209. The van der Waals surface area contributed by atoms with Gasteiger partial charge in [0.2, 0.25) is 5.89 Å². The van der Waals surface area contributed by atoms with Crippen LogP contribution < -0.4 is 5.32 Å². The lowest BCUT2D eigenvalue weighted by Crippen LogP contribution is -2.29. The molecule has 1 aliphatic rings. The van der Waals surface area contributed by atoms with E-state index in [2.05, 4.69) is 27.4 Å². The summed E-state index contributed by atoms with van der Waals surface area (Å²) in [6, 6.07) is 14.9. The summed E-state index contributed by atoms with van der Waals surface area (Å²) in [7, 11) is 0. The van der Waals surface area contributed by atoms with Crippen molar-refractivity contribution in [1.82, 2.24) is 15.2 Å². The zero-order chi connectivity index (χ0) is 22.1. The second-order valence-electron chi connectivity index (χ2n) is 8.53. The summed E-state index contributed by atoms with van der Waals surface area (Å²) >= 11 is 5.95. The van der Waals surface area contributed by atoms with E-state index < -0.39 is 0 Å². The Morgan fingerprint density at radius 2 is 1.81 bits per heavy atom. The average Bonchev–Trinajstić information content (AvgIpc) is 3.27. The van der Waals surface area contributed by atoms with E-state index in [-0.39, 0.29) is 11.9 Å². The van der Waals surface area contributed by atoms with Crippen LogP contribution in [0.5, 0.6) is 0 Å². The molecule has 1 N–H and O–H groups in total. The second kappa shape index (κ2) is 8.87. The van der Waals surface area contributed by atoms with E-state index in [4.69, 9.17) is 16.0 Å². The maximum atomic E-state index is 13.8. The van der Waals surface area contributed by atoms with Gasteiger partial charge in [0.15, 0.2) is 0 Å². The van der Waals surface area contributed by atoms with E-state index in [1.54, 1.807) is 24.3 Å². The van der Waals surface area contributed by atoms with Crippen molar-refractivity contribution in [2.45, 2.75) is 44.6 Å². The fraction of sp³-hybridized carbons (Fsp3) is 0.320. The van der Waals surface area contributed by atoms with Gasteiger partial charge in [0, 0.05) is 28.2 Å². The summed E-state index contributed by atoms with van der Waals surface area (Å²) in [5.74, 6) is 1.18. The first-order valence-electron chi connectivity index (χ1n) is 11.0. The Balaban J connectivity index is 1.22. The summed E-state index contributed by atoms with van der Waals surface area (Å²) in [6.07, 6.45) is 6.12. The highest BCUT2D eigenvalue weighted by molar-refractivity contribution is 6.30. The van der Waals surface area contributed by atoms with Crippen molar-refractivity contribution in [3.05, 3.63) is 71.1 Å². The molecule has 2 aromatic carbocycles. The van der Waals surface area contributed by atoms with Crippen molar-refractivity contribution >= 4 is 28.5 Å². The third-order valence-corrected chi connectivity index (χ3v) is 6.78. The molecule has 2 aromatic heterocycles. The smallest absolute Gasteiger partial charge is 0.315 e. The number of halogens is 2. The molecule has 1 saturated carbocycles. The molecular weight excluding hydrogens is 427 g/mol. The monoisotopic (exact) mass is 450 g/mol. The van der Waals surface area contributed by atoms with Crippen LogP contribution in [0.2, 0.25) is 5.02 Å². The summed E-state index contributed by atoms with van der Waals surface area (Å²) < 4.78 is 19.6. The van der Waals surface area contributed by atoms with Crippen LogP contribution in [-0.2, 0) is 0 Å². The molecule has 0 unspecified atom stereocenters. The van der Waals surface area contributed by atoms with E-state index >= 15 is 0 Å². The first kappa shape index (κ1) is 20.9. The Hall–Kier alpha value is -2.99. The summed E-state index contributed by atoms with van der Waals surface area (Å²) in [5, 5.41) is 13.3.